The van der Waals surface area contributed by atoms with Gasteiger partial charge in [-0.2, -0.15) is 0 Å². The van der Waals surface area contributed by atoms with Gasteiger partial charge in [0.15, 0.2) is 5.78 Å². The molecular weight excluding hydrogens is 286 g/mol. The maximum absolute atomic E-state index is 12.2. The summed E-state index contributed by atoms with van der Waals surface area (Å²) in [6.45, 7) is 0. The molecule has 1 unspecified atom stereocenters. The average molecular weight is 305 g/mol. The molecule has 112 valence electrons. The van der Waals surface area contributed by atoms with Gasteiger partial charge in [0.05, 0.1) is 11.8 Å². The van der Waals surface area contributed by atoms with E-state index >= 15 is 0 Å². The zero-order valence-electron chi connectivity index (χ0n) is 12.0. The highest BCUT2D eigenvalue weighted by Gasteiger charge is 2.17. The second-order valence-corrected chi connectivity index (χ2v) is 7.57. The highest BCUT2D eigenvalue weighted by molar-refractivity contribution is 7.90. The molecule has 0 spiro atoms. The van der Waals surface area contributed by atoms with Crippen molar-refractivity contribution < 1.29 is 13.2 Å². The molecule has 1 atom stereocenters. The van der Waals surface area contributed by atoms with Gasteiger partial charge in [-0.3, -0.25) is 4.79 Å². The fourth-order valence-corrected chi connectivity index (χ4v) is 2.95. The number of hydrogen-bond acceptors (Lipinski definition) is 4. The van der Waals surface area contributed by atoms with Gasteiger partial charge in [-0.25, -0.2) is 8.42 Å². The van der Waals surface area contributed by atoms with Crippen LogP contribution >= 0.6 is 0 Å². The van der Waals surface area contributed by atoms with Gasteiger partial charge in [0, 0.05) is 12.7 Å². The fourth-order valence-electron chi connectivity index (χ4n) is 2.27. The van der Waals surface area contributed by atoms with Crippen LogP contribution in [0, 0.1) is 0 Å². The van der Waals surface area contributed by atoms with Crippen LogP contribution in [0.2, 0.25) is 0 Å². The molecule has 0 saturated carbocycles. The van der Waals surface area contributed by atoms with Gasteiger partial charge in [-0.1, -0.05) is 42.5 Å². The number of carbonyl (C=O) groups is 1. The number of nitrogens with two attached hydrogens (primary N) is 1. The summed E-state index contributed by atoms with van der Waals surface area (Å²) >= 11 is 0. The molecule has 0 aromatic heterocycles. The first kappa shape index (κ1) is 15.7. The standard InChI is InChI=1S/C16H19NO3S/c1-21(19,20)10-9-15(17)16(18)11-13-7-4-6-12-5-2-3-8-14(12)13/h2-8,15H,9-11,17H2,1H3. The van der Waals surface area contributed by atoms with E-state index in [-0.39, 0.29) is 24.4 Å². The molecule has 2 N–H and O–H groups in total. The van der Waals surface area contributed by atoms with Crippen LogP contribution in [-0.4, -0.2) is 32.3 Å². The topological polar surface area (TPSA) is 77.2 Å². The van der Waals surface area contributed by atoms with Crippen molar-refractivity contribution >= 4 is 26.4 Å². The van der Waals surface area contributed by atoms with Gasteiger partial charge in [-0.05, 0) is 22.8 Å². The molecule has 2 aromatic carbocycles. The Labute approximate surface area is 124 Å². The number of benzene rings is 2. The highest BCUT2D eigenvalue weighted by Crippen LogP contribution is 2.19. The van der Waals surface area contributed by atoms with Gasteiger partial charge >= 0.3 is 0 Å². The molecule has 0 aliphatic carbocycles. The summed E-state index contributed by atoms with van der Waals surface area (Å²) in [7, 11) is -3.09. The Kier molecular flexibility index (Phi) is 4.75. The molecule has 0 bridgehead atoms. The minimum Gasteiger partial charge on any atom is -0.321 e. The number of fused-ring (bicyclic) bond motifs is 1. The Hall–Kier alpha value is -1.72. The molecule has 4 nitrogen and oxygen atoms in total. The van der Waals surface area contributed by atoms with Crippen molar-refractivity contribution in [1.82, 2.24) is 0 Å². The van der Waals surface area contributed by atoms with Crippen molar-refractivity contribution in [2.24, 2.45) is 5.73 Å². The zero-order chi connectivity index (χ0) is 15.5. The van der Waals surface area contributed by atoms with Crippen molar-refractivity contribution in [3.63, 3.8) is 0 Å². The van der Waals surface area contributed by atoms with Crippen molar-refractivity contribution in [2.45, 2.75) is 18.9 Å². The largest absolute Gasteiger partial charge is 0.321 e. The first-order valence-corrected chi connectivity index (χ1v) is 8.85. The Morgan fingerprint density at radius 3 is 2.52 bits per heavy atom. The Bertz CT molecular complexity index is 748. The summed E-state index contributed by atoms with van der Waals surface area (Å²) in [5, 5.41) is 2.11. The third-order valence-corrected chi connectivity index (χ3v) is 4.44. The molecule has 0 aliphatic rings. The van der Waals surface area contributed by atoms with Crippen LogP contribution in [0.5, 0.6) is 0 Å². The second kappa shape index (κ2) is 6.37. The van der Waals surface area contributed by atoms with Gasteiger partial charge in [0.2, 0.25) is 0 Å². The summed E-state index contributed by atoms with van der Waals surface area (Å²) in [5.74, 6) is -0.190. The normalized spacial score (nSPS) is 13.2. The van der Waals surface area contributed by atoms with Crippen LogP contribution in [-0.2, 0) is 21.1 Å². The maximum atomic E-state index is 12.2. The number of rotatable bonds is 6. The van der Waals surface area contributed by atoms with Crippen LogP contribution < -0.4 is 5.73 Å². The summed E-state index contributed by atoms with van der Waals surface area (Å²) < 4.78 is 22.2. The van der Waals surface area contributed by atoms with Crippen molar-refractivity contribution in [1.29, 1.82) is 0 Å². The average Bonchev–Trinajstić information content (AvgIpc) is 2.44. The third kappa shape index (κ3) is 4.37. The minimum atomic E-state index is -3.09. The number of sulfone groups is 1. The van der Waals surface area contributed by atoms with Crippen molar-refractivity contribution in [2.75, 3.05) is 12.0 Å². The molecule has 21 heavy (non-hydrogen) atoms. The SMILES string of the molecule is CS(=O)(=O)CCC(N)C(=O)Cc1cccc2ccccc12. The molecule has 0 radical (unpaired) electrons. The lowest BCUT2D eigenvalue weighted by Crippen LogP contribution is -2.33. The quantitative estimate of drug-likeness (QED) is 0.881. The van der Waals surface area contributed by atoms with E-state index in [2.05, 4.69) is 0 Å². The summed E-state index contributed by atoms with van der Waals surface area (Å²) in [6, 6.07) is 12.9. The van der Waals surface area contributed by atoms with E-state index in [9.17, 15) is 13.2 Å². The number of hydrogen-bond donors (Lipinski definition) is 1. The molecule has 2 aromatic rings. The van der Waals surface area contributed by atoms with E-state index in [1.807, 2.05) is 42.5 Å². The molecule has 0 amide bonds. The van der Waals surface area contributed by atoms with Gasteiger partial charge in [-0.15, -0.1) is 0 Å². The van der Waals surface area contributed by atoms with Crippen LogP contribution in [0.15, 0.2) is 42.5 Å². The molecule has 0 fully saturated rings. The van der Waals surface area contributed by atoms with Gasteiger partial charge < -0.3 is 5.73 Å². The summed E-state index contributed by atoms with van der Waals surface area (Å²) in [6.07, 6.45) is 1.55. The van der Waals surface area contributed by atoms with Gasteiger partial charge in [0.1, 0.15) is 9.84 Å². The summed E-state index contributed by atoms with van der Waals surface area (Å²) in [5.41, 5.74) is 6.73. The Balaban J connectivity index is 2.11. The highest BCUT2D eigenvalue weighted by atomic mass is 32.2. The third-order valence-electron chi connectivity index (χ3n) is 3.46. The maximum Gasteiger partial charge on any atom is 0.153 e. The first-order chi connectivity index (χ1) is 9.87. The molecular formula is C16H19NO3S. The number of ketones is 1. The monoisotopic (exact) mass is 305 g/mol. The molecule has 0 aliphatic heterocycles. The van der Waals surface area contributed by atoms with Crippen molar-refractivity contribution in [3.8, 4) is 0 Å². The van der Waals surface area contributed by atoms with Crippen molar-refractivity contribution in [3.05, 3.63) is 48.0 Å². The Morgan fingerprint density at radius 2 is 1.81 bits per heavy atom. The lowest BCUT2D eigenvalue weighted by Gasteiger charge is -2.11. The number of Topliss-reactive ketones (excluding diaryl/α,β-unsaturated/α-hetero) is 1. The molecule has 2 rings (SSSR count). The number of carbonyl (C=O) groups excluding carboxylic acids is 1. The van der Waals surface area contributed by atoms with Crippen LogP contribution in [0.3, 0.4) is 0 Å². The zero-order valence-corrected chi connectivity index (χ0v) is 12.8. The van der Waals surface area contributed by atoms with E-state index in [1.165, 1.54) is 0 Å². The molecule has 5 heteroatoms. The van der Waals surface area contributed by atoms with E-state index in [0.717, 1.165) is 22.6 Å². The predicted molar refractivity (Wildman–Crippen MR) is 85.0 cm³/mol. The van der Waals surface area contributed by atoms with Crippen LogP contribution in [0.25, 0.3) is 10.8 Å². The van der Waals surface area contributed by atoms with E-state index in [1.54, 1.807) is 0 Å². The fraction of sp³-hybridized carbons (Fsp3) is 0.312. The Morgan fingerprint density at radius 1 is 1.14 bits per heavy atom. The van der Waals surface area contributed by atoms with Gasteiger partial charge in [0.25, 0.3) is 0 Å². The van der Waals surface area contributed by atoms with E-state index in [0.29, 0.717) is 0 Å². The predicted octanol–water partition coefficient (Wildman–Crippen LogP) is 1.71. The lowest BCUT2D eigenvalue weighted by atomic mass is 9.97. The first-order valence-electron chi connectivity index (χ1n) is 6.79. The summed E-state index contributed by atoms with van der Waals surface area (Å²) in [4.78, 5) is 12.2. The van der Waals surface area contributed by atoms with Crippen LogP contribution in [0.1, 0.15) is 12.0 Å². The van der Waals surface area contributed by atoms with E-state index < -0.39 is 15.9 Å². The minimum absolute atomic E-state index is 0.0601. The lowest BCUT2D eigenvalue weighted by molar-refractivity contribution is -0.119. The molecule has 0 heterocycles. The second-order valence-electron chi connectivity index (χ2n) is 5.31. The molecule has 0 saturated heterocycles. The van der Waals surface area contributed by atoms with Crippen LogP contribution in [0.4, 0.5) is 0 Å². The smallest absolute Gasteiger partial charge is 0.153 e. The van der Waals surface area contributed by atoms with E-state index in [4.69, 9.17) is 5.73 Å².